The molecule has 0 unspecified atom stereocenters. The molecule has 0 aliphatic heterocycles. The van der Waals surface area contributed by atoms with Gasteiger partial charge in [-0.05, 0) is 66.4 Å². The summed E-state index contributed by atoms with van der Waals surface area (Å²) in [5.74, 6) is 0. The van der Waals surface area contributed by atoms with Gasteiger partial charge in [-0.1, -0.05) is 78.9 Å². The van der Waals surface area contributed by atoms with E-state index in [1.807, 2.05) is 60.1 Å². The van der Waals surface area contributed by atoms with E-state index in [1.165, 1.54) is 53.5 Å². The molecule has 0 spiro atoms. The Bertz CT molecular complexity index is 2310. The van der Waals surface area contributed by atoms with E-state index < -0.39 is 0 Å². The van der Waals surface area contributed by atoms with Crippen LogP contribution in [-0.2, 0) is 6.42 Å². The summed E-state index contributed by atoms with van der Waals surface area (Å²) >= 11 is 1.88. The van der Waals surface area contributed by atoms with E-state index >= 15 is 0 Å². The highest BCUT2D eigenvalue weighted by molar-refractivity contribution is 7.26. The van der Waals surface area contributed by atoms with Gasteiger partial charge in [-0.2, -0.15) is 0 Å². The SMILES string of the molecule is C1=Cc2c(n(-c3cc(-c4ccccn4)nc(-c4ccccn4)c3)c3c2ccc2sc4c(-c5ccccc5)cccc4c23)CC1. The van der Waals surface area contributed by atoms with Crippen LogP contribution in [0.25, 0.3) is 76.7 Å². The Labute approximate surface area is 258 Å². The fourth-order valence-electron chi connectivity index (χ4n) is 6.65. The molecule has 44 heavy (non-hydrogen) atoms. The molecule has 4 nitrogen and oxygen atoms in total. The molecule has 0 saturated carbocycles. The van der Waals surface area contributed by atoms with Crippen molar-refractivity contribution in [2.45, 2.75) is 12.8 Å². The van der Waals surface area contributed by atoms with Crippen molar-refractivity contribution in [2.24, 2.45) is 0 Å². The maximum absolute atomic E-state index is 5.07. The number of allylic oxidation sites excluding steroid dienone is 1. The number of nitrogens with zero attached hydrogens (tertiary/aromatic N) is 4. The Morgan fingerprint density at radius 1 is 0.659 bits per heavy atom. The molecule has 0 fully saturated rings. The van der Waals surface area contributed by atoms with Gasteiger partial charge in [0.15, 0.2) is 0 Å². The van der Waals surface area contributed by atoms with Crippen LogP contribution in [0, 0.1) is 0 Å². The fraction of sp³-hybridized carbons (Fsp3) is 0.0513. The topological polar surface area (TPSA) is 43.6 Å². The molecule has 5 aromatic heterocycles. The maximum atomic E-state index is 5.07. The zero-order chi connectivity index (χ0) is 29.0. The van der Waals surface area contributed by atoms with Crippen LogP contribution in [0.5, 0.6) is 0 Å². The van der Waals surface area contributed by atoms with Crippen LogP contribution in [0.15, 0.2) is 128 Å². The number of hydrogen-bond donors (Lipinski definition) is 0. The van der Waals surface area contributed by atoms with Gasteiger partial charge in [-0.25, -0.2) is 4.98 Å². The second-order valence-electron chi connectivity index (χ2n) is 11.1. The summed E-state index contributed by atoms with van der Waals surface area (Å²) in [6.07, 6.45) is 10.3. The third-order valence-corrected chi connectivity index (χ3v) is 9.77. The van der Waals surface area contributed by atoms with E-state index in [0.717, 1.165) is 41.3 Å². The lowest BCUT2D eigenvalue weighted by Gasteiger charge is -2.16. The monoisotopic (exact) mass is 582 g/mol. The quantitative estimate of drug-likeness (QED) is 0.207. The van der Waals surface area contributed by atoms with Crippen molar-refractivity contribution >= 4 is 48.5 Å². The van der Waals surface area contributed by atoms with Crippen LogP contribution >= 0.6 is 11.3 Å². The summed E-state index contributed by atoms with van der Waals surface area (Å²) in [6.45, 7) is 0. The number of aromatic nitrogens is 4. The molecular formula is C39H26N4S. The standard InChI is InChI=1S/C39H26N4S/c1-2-11-25(12-3-1)27-14-10-15-30-37-36(44-39(27)30)20-19-29-28-13-4-5-18-35(28)43(38(29)37)26-23-33(31-16-6-8-21-40-31)42-34(24-26)32-17-7-9-22-41-32/h1-4,6-17,19-24H,5,18H2. The number of hydrogen-bond acceptors (Lipinski definition) is 4. The van der Waals surface area contributed by atoms with Gasteiger partial charge in [-0.15, -0.1) is 11.3 Å². The van der Waals surface area contributed by atoms with Crippen LogP contribution < -0.4 is 0 Å². The molecule has 0 atom stereocenters. The molecule has 8 aromatic rings. The first-order chi connectivity index (χ1) is 21.8. The number of benzene rings is 3. The zero-order valence-electron chi connectivity index (χ0n) is 23.8. The molecule has 0 N–H and O–H groups in total. The molecule has 0 radical (unpaired) electrons. The Balaban J connectivity index is 1.40. The van der Waals surface area contributed by atoms with E-state index in [9.17, 15) is 0 Å². The summed E-state index contributed by atoms with van der Waals surface area (Å²) in [6, 6.07) is 38.4. The summed E-state index contributed by atoms with van der Waals surface area (Å²) < 4.78 is 5.11. The lowest BCUT2D eigenvalue weighted by molar-refractivity contribution is 0.888. The van der Waals surface area contributed by atoms with Crippen molar-refractivity contribution in [1.29, 1.82) is 0 Å². The molecule has 1 aliphatic rings. The van der Waals surface area contributed by atoms with E-state index in [2.05, 4.69) is 99.5 Å². The Hall–Kier alpha value is -5.39. The minimum absolute atomic E-state index is 0.833. The summed E-state index contributed by atoms with van der Waals surface area (Å²) in [4.78, 5) is 14.4. The predicted octanol–water partition coefficient (Wildman–Crippen LogP) is 10.1. The van der Waals surface area contributed by atoms with Gasteiger partial charge < -0.3 is 4.57 Å². The smallest absolute Gasteiger partial charge is 0.0915 e. The van der Waals surface area contributed by atoms with E-state index in [4.69, 9.17) is 4.98 Å². The maximum Gasteiger partial charge on any atom is 0.0915 e. The van der Waals surface area contributed by atoms with Crippen LogP contribution in [-0.4, -0.2) is 19.5 Å². The van der Waals surface area contributed by atoms with Gasteiger partial charge in [-0.3, -0.25) is 9.97 Å². The highest BCUT2D eigenvalue weighted by atomic mass is 32.1. The van der Waals surface area contributed by atoms with Gasteiger partial charge in [0, 0.05) is 49.2 Å². The normalized spacial score (nSPS) is 12.7. The molecule has 0 saturated heterocycles. The van der Waals surface area contributed by atoms with Crippen molar-refractivity contribution < 1.29 is 0 Å². The van der Waals surface area contributed by atoms with Crippen LogP contribution in [0.4, 0.5) is 0 Å². The largest absolute Gasteiger partial charge is 0.312 e. The van der Waals surface area contributed by atoms with Gasteiger partial charge >= 0.3 is 0 Å². The van der Waals surface area contributed by atoms with E-state index in [1.54, 1.807) is 0 Å². The highest BCUT2D eigenvalue weighted by Gasteiger charge is 2.24. The van der Waals surface area contributed by atoms with Crippen molar-refractivity contribution in [3.63, 3.8) is 0 Å². The number of fused-ring (bicyclic) bond motifs is 7. The molecule has 208 valence electrons. The average molecular weight is 583 g/mol. The fourth-order valence-corrected chi connectivity index (χ4v) is 7.89. The zero-order valence-corrected chi connectivity index (χ0v) is 24.6. The summed E-state index contributed by atoms with van der Waals surface area (Å²) in [5, 5.41) is 3.88. The molecule has 0 bridgehead atoms. The first-order valence-corrected chi connectivity index (χ1v) is 15.7. The molecule has 5 heteroatoms. The summed E-state index contributed by atoms with van der Waals surface area (Å²) in [7, 11) is 0. The van der Waals surface area contributed by atoms with E-state index in [0.29, 0.717) is 0 Å². The van der Waals surface area contributed by atoms with Gasteiger partial charge in [0.1, 0.15) is 0 Å². The van der Waals surface area contributed by atoms with Crippen molar-refractivity contribution in [2.75, 3.05) is 0 Å². The van der Waals surface area contributed by atoms with Crippen molar-refractivity contribution in [1.82, 2.24) is 19.5 Å². The first kappa shape index (κ1) is 25.1. The lowest BCUT2D eigenvalue weighted by Crippen LogP contribution is -2.05. The molecule has 9 rings (SSSR count). The van der Waals surface area contributed by atoms with Crippen LogP contribution in [0.3, 0.4) is 0 Å². The third kappa shape index (κ3) is 3.94. The molecule has 3 aromatic carbocycles. The summed E-state index contributed by atoms with van der Waals surface area (Å²) in [5.41, 5.74) is 10.8. The van der Waals surface area contributed by atoms with Crippen LogP contribution in [0.1, 0.15) is 17.7 Å². The van der Waals surface area contributed by atoms with Gasteiger partial charge in [0.25, 0.3) is 0 Å². The number of rotatable bonds is 4. The molecular weight excluding hydrogens is 557 g/mol. The van der Waals surface area contributed by atoms with Crippen molar-refractivity contribution in [3.8, 4) is 39.6 Å². The second-order valence-corrected chi connectivity index (χ2v) is 12.2. The highest BCUT2D eigenvalue weighted by Crippen LogP contribution is 2.46. The molecule has 1 aliphatic carbocycles. The second kappa shape index (κ2) is 10.1. The lowest BCUT2D eigenvalue weighted by atomic mass is 10.00. The third-order valence-electron chi connectivity index (χ3n) is 8.57. The molecule has 0 amide bonds. The first-order valence-electron chi connectivity index (χ1n) is 14.9. The molecule has 5 heterocycles. The van der Waals surface area contributed by atoms with Gasteiger partial charge in [0.2, 0.25) is 0 Å². The Morgan fingerprint density at radius 2 is 1.41 bits per heavy atom. The minimum Gasteiger partial charge on any atom is -0.312 e. The Morgan fingerprint density at radius 3 is 2.14 bits per heavy atom. The number of pyridine rings is 3. The minimum atomic E-state index is 0.833. The van der Waals surface area contributed by atoms with Crippen molar-refractivity contribution in [3.05, 3.63) is 139 Å². The Kier molecular flexibility index (Phi) is 5.78. The predicted molar refractivity (Wildman–Crippen MR) is 183 cm³/mol. The van der Waals surface area contributed by atoms with E-state index in [-0.39, 0.29) is 0 Å². The van der Waals surface area contributed by atoms with Crippen LogP contribution in [0.2, 0.25) is 0 Å². The number of thiophene rings is 1. The average Bonchev–Trinajstić information content (AvgIpc) is 3.65. The van der Waals surface area contributed by atoms with Gasteiger partial charge in [0.05, 0.1) is 34.0 Å².